The van der Waals surface area contributed by atoms with E-state index in [1.807, 2.05) is 0 Å². The van der Waals surface area contributed by atoms with Crippen molar-refractivity contribution < 1.29 is 28.2 Å². The fourth-order valence-corrected chi connectivity index (χ4v) is 7.98. The lowest BCUT2D eigenvalue weighted by molar-refractivity contribution is -0.178. The Morgan fingerprint density at radius 1 is 1.18 bits per heavy atom. The van der Waals surface area contributed by atoms with Crippen LogP contribution in [0.3, 0.4) is 0 Å². The number of ether oxygens (including phenoxy) is 2. The van der Waals surface area contributed by atoms with Gasteiger partial charge in [0, 0.05) is 17.3 Å². The van der Waals surface area contributed by atoms with E-state index in [1.54, 1.807) is 0 Å². The number of allylic oxidation sites excluding steroid dienone is 1. The molecule has 1 spiro atoms. The summed E-state index contributed by atoms with van der Waals surface area (Å²) in [5, 5.41) is 0. The summed E-state index contributed by atoms with van der Waals surface area (Å²) in [5.74, 6) is -2.39. The lowest BCUT2D eigenvalue weighted by atomic mass is 9.41. The molecule has 1 aromatic carbocycles. The largest absolute Gasteiger partial charge is 0.457 e. The first kappa shape index (κ1) is 21.0. The summed E-state index contributed by atoms with van der Waals surface area (Å²) in [6.07, 6.45) is 4.86. The minimum Gasteiger partial charge on any atom is -0.457 e. The number of esters is 1. The highest BCUT2D eigenvalue weighted by Gasteiger charge is 2.80. The van der Waals surface area contributed by atoms with E-state index in [2.05, 4.69) is 32.6 Å². The standard InChI is InChI=1S/C27H27FO5/c1-14-17-9-10-18-26-12-4-11-25(2,3)20(26)19(32-13-26)22(30)27(18,21(14)29)23(17)33-24(31)15-5-7-16(28)8-6-15/h4-8,12,17-20,23H,1,9-11,13H2,2-3H3/t17-,18-,19+,20+,23+,26+,27+/m0/s1. The van der Waals surface area contributed by atoms with Crippen molar-refractivity contribution in [2.24, 2.45) is 34.0 Å². The van der Waals surface area contributed by atoms with Gasteiger partial charge in [-0.25, -0.2) is 9.18 Å². The minimum absolute atomic E-state index is 0.0233. The molecule has 1 aromatic rings. The summed E-state index contributed by atoms with van der Waals surface area (Å²) in [4.78, 5) is 41.1. The molecule has 5 aliphatic rings. The Kier molecular flexibility index (Phi) is 4.13. The topological polar surface area (TPSA) is 69.7 Å². The van der Waals surface area contributed by atoms with Crippen molar-refractivity contribution in [3.8, 4) is 0 Å². The Morgan fingerprint density at radius 3 is 2.64 bits per heavy atom. The molecule has 4 fully saturated rings. The Bertz CT molecular complexity index is 1130. The van der Waals surface area contributed by atoms with Crippen LogP contribution in [0.2, 0.25) is 0 Å². The van der Waals surface area contributed by atoms with E-state index >= 15 is 0 Å². The van der Waals surface area contributed by atoms with Crippen LogP contribution in [0.15, 0.2) is 48.6 Å². The van der Waals surface area contributed by atoms with E-state index in [-0.39, 0.29) is 34.4 Å². The molecule has 7 atom stereocenters. The third-order valence-corrected chi connectivity index (χ3v) is 9.18. The average molecular weight is 451 g/mol. The first-order valence-electron chi connectivity index (χ1n) is 11.7. The van der Waals surface area contributed by atoms with Crippen LogP contribution < -0.4 is 0 Å². The molecule has 0 radical (unpaired) electrons. The second-order valence-corrected chi connectivity index (χ2v) is 11.1. The third kappa shape index (κ3) is 2.38. The maximum Gasteiger partial charge on any atom is 0.338 e. The van der Waals surface area contributed by atoms with Gasteiger partial charge in [-0.2, -0.15) is 0 Å². The number of ketones is 2. The molecule has 5 nitrogen and oxygen atoms in total. The number of hydrogen-bond acceptors (Lipinski definition) is 5. The van der Waals surface area contributed by atoms with Crippen molar-refractivity contribution in [1.29, 1.82) is 0 Å². The fraction of sp³-hybridized carbons (Fsp3) is 0.519. The fourth-order valence-electron chi connectivity index (χ4n) is 7.98. The molecule has 33 heavy (non-hydrogen) atoms. The molecule has 6 rings (SSSR count). The van der Waals surface area contributed by atoms with Crippen molar-refractivity contribution >= 4 is 17.5 Å². The van der Waals surface area contributed by atoms with Gasteiger partial charge < -0.3 is 9.47 Å². The Balaban J connectivity index is 1.48. The summed E-state index contributed by atoms with van der Waals surface area (Å²) < 4.78 is 25.5. The number of carbonyl (C=O) groups is 3. The van der Waals surface area contributed by atoms with E-state index in [0.29, 0.717) is 25.0 Å². The van der Waals surface area contributed by atoms with Gasteiger partial charge >= 0.3 is 5.97 Å². The molecule has 0 amide bonds. The number of benzene rings is 1. The van der Waals surface area contributed by atoms with E-state index in [9.17, 15) is 18.8 Å². The van der Waals surface area contributed by atoms with Crippen LogP contribution in [0.25, 0.3) is 0 Å². The van der Waals surface area contributed by atoms with Gasteiger partial charge in [0.15, 0.2) is 11.6 Å². The lowest BCUT2D eigenvalue weighted by Gasteiger charge is -2.59. The SMILES string of the molecule is C=C1C(=O)[C@@]23C(=O)[C@@H]4OC[C@]5(C=CCC(C)(C)[C@@H]45)[C@@H]2CC[C@@H]1[C@H]3OC(=O)c1ccc(F)cc1. The molecule has 0 unspecified atom stereocenters. The maximum atomic E-state index is 14.2. The minimum atomic E-state index is -1.47. The van der Waals surface area contributed by atoms with Crippen LogP contribution >= 0.6 is 0 Å². The van der Waals surface area contributed by atoms with Crippen molar-refractivity contribution in [2.45, 2.75) is 45.3 Å². The summed E-state index contributed by atoms with van der Waals surface area (Å²) in [7, 11) is 0. The van der Waals surface area contributed by atoms with E-state index < -0.39 is 40.7 Å². The first-order valence-corrected chi connectivity index (χ1v) is 11.7. The monoisotopic (exact) mass is 450 g/mol. The number of hydrogen-bond donors (Lipinski definition) is 0. The molecule has 1 saturated heterocycles. The zero-order valence-electron chi connectivity index (χ0n) is 18.8. The van der Waals surface area contributed by atoms with Gasteiger partial charge in [-0.3, -0.25) is 9.59 Å². The number of Topliss-reactive ketones (excluding diaryl/α,β-unsaturated/α-hetero) is 2. The van der Waals surface area contributed by atoms with Gasteiger partial charge in [0.1, 0.15) is 23.4 Å². The first-order chi connectivity index (χ1) is 15.6. The molecule has 0 aromatic heterocycles. The summed E-state index contributed by atoms with van der Waals surface area (Å²) in [5.41, 5.74) is -1.51. The normalized spacial score (nSPS) is 42.2. The van der Waals surface area contributed by atoms with Crippen molar-refractivity contribution in [3.05, 3.63) is 60.0 Å². The van der Waals surface area contributed by atoms with E-state index in [0.717, 1.165) is 6.42 Å². The molecule has 6 heteroatoms. The van der Waals surface area contributed by atoms with Gasteiger partial charge in [-0.05, 0) is 60.4 Å². The van der Waals surface area contributed by atoms with Crippen molar-refractivity contribution in [2.75, 3.05) is 6.61 Å². The van der Waals surface area contributed by atoms with Gasteiger partial charge in [0.05, 0.1) is 12.2 Å². The number of halogens is 1. The van der Waals surface area contributed by atoms with Gasteiger partial charge in [0.25, 0.3) is 0 Å². The van der Waals surface area contributed by atoms with Crippen LogP contribution in [0.1, 0.15) is 43.5 Å². The lowest BCUT2D eigenvalue weighted by Crippen LogP contribution is -2.68. The highest BCUT2D eigenvalue weighted by molar-refractivity contribution is 6.20. The van der Waals surface area contributed by atoms with Gasteiger partial charge in [0.2, 0.25) is 0 Å². The highest BCUT2D eigenvalue weighted by Crippen LogP contribution is 2.71. The Morgan fingerprint density at radius 2 is 1.91 bits per heavy atom. The van der Waals surface area contributed by atoms with Crippen LogP contribution in [-0.4, -0.2) is 36.4 Å². The smallest absolute Gasteiger partial charge is 0.338 e. The second-order valence-electron chi connectivity index (χ2n) is 11.1. The highest BCUT2D eigenvalue weighted by atomic mass is 19.1. The van der Waals surface area contributed by atoms with E-state index in [1.165, 1.54) is 24.3 Å². The summed E-state index contributed by atoms with van der Waals surface area (Å²) in [6, 6.07) is 5.08. The average Bonchev–Trinajstić information content (AvgIpc) is 3.19. The zero-order valence-corrected chi connectivity index (χ0v) is 18.8. The molecule has 4 bridgehead atoms. The number of carbonyl (C=O) groups excluding carboxylic acids is 3. The van der Waals surface area contributed by atoms with Gasteiger partial charge in [-0.15, -0.1) is 0 Å². The molecule has 3 saturated carbocycles. The molecular weight excluding hydrogens is 423 g/mol. The summed E-state index contributed by atoms with van der Waals surface area (Å²) >= 11 is 0. The molecule has 172 valence electrons. The molecule has 0 N–H and O–H groups in total. The second kappa shape index (κ2) is 6.50. The van der Waals surface area contributed by atoms with Crippen LogP contribution in [-0.2, 0) is 19.1 Å². The molecule has 1 heterocycles. The predicted molar refractivity (Wildman–Crippen MR) is 117 cm³/mol. The van der Waals surface area contributed by atoms with Crippen LogP contribution in [0.4, 0.5) is 4.39 Å². The van der Waals surface area contributed by atoms with Crippen LogP contribution in [0, 0.1) is 39.8 Å². The predicted octanol–water partition coefficient (Wildman–Crippen LogP) is 4.07. The molecule has 4 aliphatic carbocycles. The quantitative estimate of drug-likeness (QED) is 0.294. The molecule has 1 aliphatic heterocycles. The third-order valence-electron chi connectivity index (χ3n) is 9.18. The number of fused-ring (bicyclic) bond motifs is 1. The maximum absolute atomic E-state index is 14.2. The number of rotatable bonds is 2. The zero-order chi connectivity index (χ0) is 23.3. The van der Waals surface area contributed by atoms with Gasteiger partial charge in [-0.1, -0.05) is 32.6 Å². The molecular formula is C27H27FO5. The summed E-state index contributed by atoms with van der Waals surface area (Å²) in [6.45, 7) is 8.76. The van der Waals surface area contributed by atoms with Crippen molar-refractivity contribution in [3.63, 3.8) is 0 Å². The van der Waals surface area contributed by atoms with Crippen LogP contribution in [0.5, 0.6) is 0 Å². The van der Waals surface area contributed by atoms with E-state index in [4.69, 9.17) is 9.47 Å². The van der Waals surface area contributed by atoms with Crippen molar-refractivity contribution in [1.82, 2.24) is 0 Å². The Labute approximate surface area is 192 Å². The Hall–Kier alpha value is -2.60.